The van der Waals surface area contributed by atoms with Gasteiger partial charge in [-0.3, -0.25) is 4.79 Å². The topological polar surface area (TPSA) is 113 Å². The van der Waals surface area contributed by atoms with Crippen molar-refractivity contribution in [3.63, 3.8) is 0 Å². The third kappa shape index (κ3) is 6.51. The number of benzene rings is 3. The molecule has 0 saturated carbocycles. The number of amides is 1. The Labute approximate surface area is 200 Å². The maximum absolute atomic E-state index is 13.0. The molecule has 3 rings (SSSR count). The van der Waals surface area contributed by atoms with Gasteiger partial charge < -0.3 is 5.32 Å². The fraction of sp³-hybridized carbons (Fsp3) is 0.208. The molecule has 0 radical (unpaired) electrons. The van der Waals surface area contributed by atoms with Crippen LogP contribution in [0.15, 0.2) is 94.7 Å². The summed E-state index contributed by atoms with van der Waals surface area (Å²) < 4.78 is 53.8. The molecule has 0 aliphatic carbocycles. The van der Waals surface area contributed by atoms with Crippen molar-refractivity contribution in [3.8, 4) is 0 Å². The molecule has 0 bridgehead atoms. The number of nitrogens with zero attached hydrogens (tertiary/aromatic N) is 1. The second kappa shape index (κ2) is 10.9. The zero-order valence-electron chi connectivity index (χ0n) is 18.9. The summed E-state index contributed by atoms with van der Waals surface area (Å²) in [6, 6.07) is 22.1. The summed E-state index contributed by atoms with van der Waals surface area (Å²) in [5.41, 5.74) is 1.48. The predicted octanol–water partition coefficient (Wildman–Crippen LogP) is 2.14. The average Bonchev–Trinajstić information content (AvgIpc) is 2.83. The van der Waals surface area contributed by atoms with Gasteiger partial charge in [0.2, 0.25) is 26.0 Å². The lowest BCUT2D eigenvalue weighted by molar-refractivity contribution is -0.122. The predicted molar refractivity (Wildman–Crippen MR) is 130 cm³/mol. The first-order valence-electron chi connectivity index (χ1n) is 10.5. The van der Waals surface area contributed by atoms with Gasteiger partial charge in [0.05, 0.1) is 9.79 Å². The molecule has 0 aliphatic rings. The summed E-state index contributed by atoms with van der Waals surface area (Å²) in [7, 11) is -4.57. The number of hydrogen-bond acceptors (Lipinski definition) is 5. The lowest BCUT2D eigenvalue weighted by Gasteiger charge is -2.19. The Hall–Kier alpha value is -3.05. The molecule has 10 heteroatoms. The molecule has 0 spiro atoms. The SMILES string of the molecule is CN(C)S(=O)(=O)c1ccc(CNC(=O)[C@H](Cc2ccccc2)NS(=O)(=O)c2ccccc2)cc1. The normalized spacial score (nSPS) is 12.9. The molecule has 0 heterocycles. The highest BCUT2D eigenvalue weighted by atomic mass is 32.2. The Morgan fingerprint density at radius 2 is 1.32 bits per heavy atom. The molecule has 1 atom stereocenters. The van der Waals surface area contributed by atoms with Crippen molar-refractivity contribution >= 4 is 26.0 Å². The fourth-order valence-corrected chi connectivity index (χ4v) is 5.31. The maximum Gasteiger partial charge on any atom is 0.242 e. The van der Waals surface area contributed by atoms with E-state index in [0.717, 1.165) is 9.87 Å². The number of nitrogens with one attached hydrogen (secondary N) is 2. The van der Waals surface area contributed by atoms with Gasteiger partial charge in [-0.1, -0.05) is 60.7 Å². The van der Waals surface area contributed by atoms with Crippen LogP contribution in [0, 0.1) is 0 Å². The highest BCUT2D eigenvalue weighted by Gasteiger charge is 2.26. The monoisotopic (exact) mass is 501 g/mol. The highest BCUT2D eigenvalue weighted by Crippen LogP contribution is 2.15. The van der Waals surface area contributed by atoms with Gasteiger partial charge in [-0.05, 0) is 41.8 Å². The van der Waals surface area contributed by atoms with Crippen molar-refractivity contribution in [1.29, 1.82) is 0 Å². The van der Waals surface area contributed by atoms with Crippen LogP contribution < -0.4 is 10.0 Å². The number of sulfonamides is 2. The fourth-order valence-electron chi connectivity index (χ4n) is 3.20. The molecule has 0 aliphatic heterocycles. The second-order valence-electron chi connectivity index (χ2n) is 7.83. The molecule has 0 saturated heterocycles. The van der Waals surface area contributed by atoms with Gasteiger partial charge in [0.25, 0.3) is 0 Å². The molecular formula is C24H27N3O5S2. The number of rotatable bonds is 10. The lowest BCUT2D eigenvalue weighted by Crippen LogP contribution is -2.47. The summed E-state index contributed by atoms with van der Waals surface area (Å²) in [6.07, 6.45) is 0.165. The van der Waals surface area contributed by atoms with E-state index in [-0.39, 0.29) is 22.8 Å². The summed E-state index contributed by atoms with van der Waals surface area (Å²) in [4.78, 5) is 13.2. The van der Waals surface area contributed by atoms with Crippen LogP contribution in [0.3, 0.4) is 0 Å². The Kier molecular flexibility index (Phi) is 8.21. The van der Waals surface area contributed by atoms with E-state index < -0.39 is 32.0 Å². The molecule has 3 aromatic carbocycles. The van der Waals surface area contributed by atoms with Gasteiger partial charge in [-0.25, -0.2) is 21.1 Å². The Balaban J connectivity index is 1.75. The van der Waals surface area contributed by atoms with E-state index in [1.165, 1.54) is 38.4 Å². The van der Waals surface area contributed by atoms with Gasteiger partial charge >= 0.3 is 0 Å². The van der Waals surface area contributed by atoms with E-state index in [9.17, 15) is 21.6 Å². The molecule has 34 heavy (non-hydrogen) atoms. The van der Waals surface area contributed by atoms with Crippen LogP contribution in [-0.2, 0) is 37.8 Å². The van der Waals surface area contributed by atoms with Crippen LogP contribution in [0.1, 0.15) is 11.1 Å². The van der Waals surface area contributed by atoms with E-state index >= 15 is 0 Å². The van der Waals surface area contributed by atoms with Crippen LogP contribution in [0.25, 0.3) is 0 Å². The van der Waals surface area contributed by atoms with Crippen LogP contribution in [0.2, 0.25) is 0 Å². The summed E-state index contributed by atoms with van der Waals surface area (Å²) in [5, 5.41) is 2.75. The van der Waals surface area contributed by atoms with Crippen molar-refractivity contribution in [2.24, 2.45) is 0 Å². The third-order valence-corrected chi connectivity index (χ3v) is 8.44. The van der Waals surface area contributed by atoms with Gasteiger partial charge in [-0.15, -0.1) is 0 Å². The molecule has 180 valence electrons. The average molecular weight is 502 g/mol. The minimum Gasteiger partial charge on any atom is -0.351 e. The molecule has 8 nitrogen and oxygen atoms in total. The van der Waals surface area contributed by atoms with E-state index in [0.29, 0.717) is 5.56 Å². The third-order valence-electron chi connectivity index (χ3n) is 5.12. The first kappa shape index (κ1) is 25.6. The standard InChI is InChI=1S/C24H27N3O5S2/c1-27(2)34(31,32)22-15-13-20(14-16-22)18-25-24(28)23(17-19-9-5-3-6-10-19)26-33(29,30)21-11-7-4-8-12-21/h3-16,23,26H,17-18H2,1-2H3,(H,25,28)/t23-/m0/s1. The number of carbonyl (C=O) groups is 1. The van der Waals surface area contributed by atoms with Crippen LogP contribution in [0.5, 0.6) is 0 Å². The van der Waals surface area contributed by atoms with Gasteiger partial charge in [0, 0.05) is 20.6 Å². The van der Waals surface area contributed by atoms with Gasteiger partial charge in [0.15, 0.2) is 0 Å². The van der Waals surface area contributed by atoms with Crippen molar-refractivity contribution in [3.05, 3.63) is 96.1 Å². The molecule has 0 fully saturated rings. The molecule has 1 amide bonds. The Morgan fingerprint density at radius 1 is 0.765 bits per heavy atom. The van der Waals surface area contributed by atoms with Crippen LogP contribution >= 0.6 is 0 Å². The van der Waals surface area contributed by atoms with Gasteiger partial charge in [0.1, 0.15) is 6.04 Å². The largest absolute Gasteiger partial charge is 0.351 e. The van der Waals surface area contributed by atoms with Crippen LogP contribution in [-0.4, -0.2) is 47.2 Å². The van der Waals surface area contributed by atoms with E-state index in [2.05, 4.69) is 10.0 Å². The van der Waals surface area contributed by atoms with Crippen molar-refractivity contribution in [2.75, 3.05) is 14.1 Å². The Bertz CT molecular complexity index is 1310. The summed E-state index contributed by atoms with van der Waals surface area (Å²) in [5.74, 6) is -0.492. The summed E-state index contributed by atoms with van der Waals surface area (Å²) >= 11 is 0. The second-order valence-corrected chi connectivity index (χ2v) is 11.7. The summed E-state index contributed by atoms with van der Waals surface area (Å²) in [6.45, 7) is 0.111. The highest BCUT2D eigenvalue weighted by molar-refractivity contribution is 7.89. The zero-order valence-corrected chi connectivity index (χ0v) is 20.5. The van der Waals surface area contributed by atoms with E-state index in [1.807, 2.05) is 30.3 Å². The zero-order chi connectivity index (χ0) is 24.8. The number of carbonyl (C=O) groups excluding carboxylic acids is 1. The first-order valence-corrected chi connectivity index (χ1v) is 13.4. The van der Waals surface area contributed by atoms with E-state index in [1.54, 1.807) is 30.3 Å². The Morgan fingerprint density at radius 3 is 1.88 bits per heavy atom. The smallest absolute Gasteiger partial charge is 0.242 e. The number of hydrogen-bond donors (Lipinski definition) is 2. The van der Waals surface area contributed by atoms with Crippen LogP contribution in [0.4, 0.5) is 0 Å². The van der Waals surface area contributed by atoms with Crippen molar-refractivity contribution in [1.82, 2.24) is 14.3 Å². The van der Waals surface area contributed by atoms with Gasteiger partial charge in [-0.2, -0.15) is 4.72 Å². The first-order chi connectivity index (χ1) is 16.1. The van der Waals surface area contributed by atoms with Crippen molar-refractivity contribution in [2.45, 2.75) is 28.8 Å². The quantitative estimate of drug-likeness (QED) is 0.442. The molecule has 0 unspecified atom stereocenters. The molecule has 3 aromatic rings. The maximum atomic E-state index is 13.0. The lowest BCUT2D eigenvalue weighted by atomic mass is 10.1. The minimum atomic E-state index is -3.92. The molecule has 0 aromatic heterocycles. The molecular weight excluding hydrogens is 474 g/mol. The van der Waals surface area contributed by atoms with E-state index in [4.69, 9.17) is 0 Å². The minimum absolute atomic E-state index is 0.0681. The molecule has 2 N–H and O–H groups in total. The van der Waals surface area contributed by atoms with Crippen molar-refractivity contribution < 1.29 is 21.6 Å².